The number of hydrogen-bond acceptors (Lipinski definition) is 3. The molecule has 1 aromatic carbocycles. The van der Waals surface area contributed by atoms with Gasteiger partial charge < -0.3 is 10.6 Å². The zero-order valence-electron chi connectivity index (χ0n) is 10.9. The number of carbonyl (C=O) groups excluding carboxylic acids is 1. The maximum atomic E-state index is 11.8. The van der Waals surface area contributed by atoms with Crippen LogP contribution in [0.1, 0.15) is 11.1 Å². The van der Waals surface area contributed by atoms with Crippen LogP contribution >= 0.6 is 0 Å². The molecule has 18 heavy (non-hydrogen) atoms. The van der Waals surface area contributed by atoms with Crippen LogP contribution in [0.15, 0.2) is 24.3 Å². The van der Waals surface area contributed by atoms with Crippen molar-refractivity contribution in [1.29, 1.82) is 0 Å². The van der Waals surface area contributed by atoms with Crippen molar-refractivity contribution in [2.24, 2.45) is 0 Å². The number of carbonyl (C=O) groups is 1. The number of hydrogen-bond donors (Lipinski definition) is 2. The Morgan fingerprint density at radius 2 is 2.17 bits per heavy atom. The predicted molar refractivity (Wildman–Crippen MR) is 72.3 cm³/mol. The molecule has 1 aliphatic rings. The summed E-state index contributed by atoms with van der Waals surface area (Å²) in [6, 6.07) is 8.22. The van der Waals surface area contributed by atoms with Gasteiger partial charge in [-0.2, -0.15) is 0 Å². The van der Waals surface area contributed by atoms with E-state index in [9.17, 15) is 4.79 Å². The first-order chi connectivity index (χ1) is 8.74. The molecule has 4 heteroatoms. The van der Waals surface area contributed by atoms with Crippen molar-refractivity contribution in [2.75, 3.05) is 32.7 Å². The SMILES string of the molecule is Cc1cccc(CNC(=O)CN2CCNCC2)c1. The second-order valence-electron chi connectivity index (χ2n) is 4.79. The first kappa shape index (κ1) is 13.1. The third-order valence-corrected chi connectivity index (χ3v) is 3.15. The highest BCUT2D eigenvalue weighted by atomic mass is 16.2. The average molecular weight is 247 g/mol. The molecule has 1 saturated heterocycles. The molecule has 1 aliphatic heterocycles. The van der Waals surface area contributed by atoms with Crippen LogP contribution < -0.4 is 10.6 Å². The third-order valence-electron chi connectivity index (χ3n) is 3.15. The molecule has 2 N–H and O–H groups in total. The standard InChI is InChI=1S/C14H21N3O/c1-12-3-2-4-13(9-12)10-16-14(18)11-17-7-5-15-6-8-17/h2-4,9,15H,5-8,10-11H2,1H3,(H,16,18). The van der Waals surface area contributed by atoms with Gasteiger partial charge in [-0.15, -0.1) is 0 Å². The zero-order valence-corrected chi connectivity index (χ0v) is 10.9. The van der Waals surface area contributed by atoms with Gasteiger partial charge >= 0.3 is 0 Å². The second-order valence-corrected chi connectivity index (χ2v) is 4.79. The number of rotatable bonds is 4. The van der Waals surface area contributed by atoms with Gasteiger partial charge in [-0.25, -0.2) is 0 Å². The Bertz CT molecular complexity index is 400. The molecule has 98 valence electrons. The van der Waals surface area contributed by atoms with Gasteiger partial charge in [0.25, 0.3) is 0 Å². The molecule has 0 bridgehead atoms. The monoisotopic (exact) mass is 247 g/mol. The molecule has 1 heterocycles. The minimum absolute atomic E-state index is 0.110. The molecule has 4 nitrogen and oxygen atoms in total. The quantitative estimate of drug-likeness (QED) is 0.815. The van der Waals surface area contributed by atoms with Crippen LogP contribution in [0.4, 0.5) is 0 Å². The Morgan fingerprint density at radius 1 is 1.39 bits per heavy atom. The highest BCUT2D eigenvalue weighted by molar-refractivity contribution is 5.78. The van der Waals surface area contributed by atoms with Crippen LogP contribution in [0.5, 0.6) is 0 Å². The lowest BCUT2D eigenvalue weighted by molar-refractivity contribution is -0.122. The highest BCUT2D eigenvalue weighted by Gasteiger charge is 2.12. The van der Waals surface area contributed by atoms with Gasteiger partial charge in [-0.1, -0.05) is 29.8 Å². The van der Waals surface area contributed by atoms with Crippen LogP contribution in [0.2, 0.25) is 0 Å². The molecule has 0 unspecified atom stereocenters. The van der Waals surface area contributed by atoms with Gasteiger partial charge in [-0.05, 0) is 12.5 Å². The number of benzene rings is 1. The van der Waals surface area contributed by atoms with E-state index in [-0.39, 0.29) is 5.91 Å². The van der Waals surface area contributed by atoms with E-state index in [1.54, 1.807) is 0 Å². The fourth-order valence-corrected chi connectivity index (χ4v) is 2.15. The third kappa shape index (κ3) is 4.13. The molecule has 2 rings (SSSR count). The lowest BCUT2D eigenvalue weighted by Gasteiger charge is -2.26. The van der Waals surface area contributed by atoms with Crippen molar-refractivity contribution >= 4 is 5.91 Å². The summed E-state index contributed by atoms with van der Waals surface area (Å²) in [4.78, 5) is 14.0. The van der Waals surface area contributed by atoms with Gasteiger partial charge in [0.1, 0.15) is 0 Å². The van der Waals surface area contributed by atoms with Crippen LogP contribution in [0, 0.1) is 6.92 Å². The zero-order chi connectivity index (χ0) is 12.8. The van der Waals surface area contributed by atoms with E-state index in [2.05, 4.69) is 34.6 Å². The lowest BCUT2D eigenvalue weighted by atomic mass is 10.1. The van der Waals surface area contributed by atoms with Gasteiger partial charge in [-0.3, -0.25) is 9.69 Å². The number of nitrogens with one attached hydrogen (secondary N) is 2. The highest BCUT2D eigenvalue weighted by Crippen LogP contribution is 2.03. The van der Waals surface area contributed by atoms with Crippen LogP contribution in [0.3, 0.4) is 0 Å². The van der Waals surface area contributed by atoms with Crippen molar-refractivity contribution in [3.05, 3.63) is 35.4 Å². The number of amides is 1. The van der Waals surface area contributed by atoms with E-state index < -0.39 is 0 Å². The Kier molecular flexibility index (Phi) is 4.73. The van der Waals surface area contributed by atoms with Crippen molar-refractivity contribution < 1.29 is 4.79 Å². The van der Waals surface area contributed by atoms with E-state index in [0.717, 1.165) is 31.7 Å². The smallest absolute Gasteiger partial charge is 0.234 e. The first-order valence-corrected chi connectivity index (χ1v) is 6.49. The molecular weight excluding hydrogens is 226 g/mol. The minimum Gasteiger partial charge on any atom is -0.351 e. The molecule has 0 atom stereocenters. The van der Waals surface area contributed by atoms with E-state index >= 15 is 0 Å². The lowest BCUT2D eigenvalue weighted by Crippen LogP contribution is -2.47. The molecule has 1 fully saturated rings. The van der Waals surface area contributed by atoms with Gasteiger partial charge in [0.2, 0.25) is 5.91 Å². The van der Waals surface area contributed by atoms with Crippen molar-refractivity contribution in [2.45, 2.75) is 13.5 Å². The molecule has 0 spiro atoms. The maximum absolute atomic E-state index is 11.8. The summed E-state index contributed by atoms with van der Waals surface area (Å²) in [7, 11) is 0. The van der Waals surface area contributed by atoms with E-state index in [1.165, 1.54) is 5.56 Å². The molecule has 0 aromatic heterocycles. The van der Waals surface area contributed by atoms with E-state index in [4.69, 9.17) is 0 Å². The van der Waals surface area contributed by atoms with Gasteiger partial charge in [0, 0.05) is 32.7 Å². The molecule has 0 saturated carbocycles. The molecular formula is C14H21N3O. The molecule has 0 radical (unpaired) electrons. The molecule has 0 aliphatic carbocycles. The van der Waals surface area contributed by atoms with E-state index in [0.29, 0.717) is 13.1 Å². The molecule has 1 aromatic rings. The summed E-state index contributed by atoms with van der Waals surface area (Å²) in [6.45, 7) is 7.05. The summed E-state index contributed by atoms with van der Waals surface area (Å²) >= 11 is 0. The minimum atomic E-state index is 0.110. The van der Waals surface area contributed by atoms with Crippen molar-refractivity contribution in [1.82, 2.24) is 15.5 Å². The number of aryl methyl sites for hydroxylation is 1. The maximum Gasteiger partial charge on any atom is 0.234 e. The summed E-state index contributed by atoms with van der Waals surface area (Å²) < 4.78 is 0. The number of piperazine rings is 1. The average Bonchev–Trinajstić information content (AvgIpc) is 2.38. The van der Waals surface area contributed by atoms with Crippen LogP contribution in [-0.2, 0) is 11.3 Å². The second kappa shape index (κ2) is 6.52. The fraction of sp³-hybridized carbons (Fsp3) is 0.500. The fourth-order valence-electron chi connectivity index (χ4n) is 2.15. The topological polar surface area (TPSA) is 44.4 Å². The predicted octanol–water partition coefficient (Wildman–Crippen LogP) is 0.516. The Balaban J connectivity index is 1.74. The Hall–Kier alpha value is -1.39. The normalized spacial score (nSPS) is 16.5. The van der Waals surface area contributed by atoms with Crippen LogP contribution in [0.25, 0.3) is 0 Å². The number of nitrogens with zero attached hydrogens (tertiary/aromatic N) is 1. The summed E-state index contributed by atoms with van der Waals surface area (Å²) in [5.74, 6) is 0.110. The van der Waals surface area contributed by atoms with E-state index in [1.807, 2.05) is 12.1 Å². The Morgan fingerprint density at radius 3 is 2.89 bits per heavy atom. The van der Waals surface area contributed by atoms with Gasteiger partial charge in [0.15, 0.2) is 0 Å². The largest absolute Gasteiger partial charge is 0.351 e. The molecule has 1 amide bonds. The summed E-state index contributed by atoms with van der Waals surface area (Å²) in [5, 5.41) is 6.25. The van der Waals surface area contributed by atoms with Crippen molar-refractivity contribution in [3.8, 4) is 0 Å². The summed E-state index contributed by atoms with van der Waals surface area (Å²) in [6.07, 6.45) is 0. The van der Waals surface area contributed by atoms with Crippen molar-refractivity contribution in [3.63, 3.8) is 0 Å². The van der Waals surface area contributed by atoms with Crippen LogP contribution in [-0.4, -0.2) is 43.5 Å². The van der Waals surface area contributed by atoms with Gasteiger partial charge in [0.05, 0.1) is 6.54 Å². The summed E-state index contributed by atoms with van der Waals surface area (Å²) in [5.41, 5.74) is 2.38. The first-order valence-electron chi connectivity index (χ1n) is 6.49. The Labute approximate surface area is 108 Å².